The molecule has 1 saturated heterocycles. The second-order valence-electron chi connectivity index (χ2n) is 5.25. The number of thiophene rings is 1. The molecule has 0 bridgehead atoms. The zero-order chi connectivity index (χ0) is 15.5. The Morgan fingerprint density at radius 2 is 2.00 bits per heavy atom. The third kappa shape index (κ3) is 4.32. The summed E-state index contributed by atoms with van der Waals surface area (Å²) in [5.41, 5.74) is 0.557. The average Bonchev–Trinajstić information content (AvgIpc) is 3.05. The lowest BCUT2D eigenvalue weighted by Crippen LogP contribution is -2.45. The Hall–Kier alpha value is -1.05. The van der Waals surface area contributed by atoms with Crippen molar-refractivity contribution in [1.29, 1.82) is 0 Å². The van der Waals surface area contributed by atoms with Gasteiger partial charge >= 0.3 is 0 Å². The van der Waals surface area contributed by atoms with Gasteiger partial charge in [-0.15, -0.1) is 36.2 Å². The van der Waals surface area contributed by atoms with E-state index in [4.69, 9.17) is 4.74 Å². The Kier molecular flexibility index (Phi) is 8.26. The molecular weight excluding hydrogens is 374 g/mol. The quantitative estimate of drug-likeness (QED) is 0.833. The van der Waals surface area contributed by atoms with Gasteiger partial charge in [0.1, 0.15) is 5.82 Å². The largest absolute Gasteiger partial charge is 0.504 e. The van der Waals surface area contributed by atoms with Gasteiger partial charge in [0.05, 0.1) is 13.2 Å². The molecule has 134 valence electrons. The molecule has 1 aliphatic rings. The van der Waals surface area contributed by atoms with E-state index in [-0.39, 0.29) is 42.4 Å². The molecule has 0 aliphatic carbocycles. The van der Waals surface area contributed by atoms with Gasteiger partial charge in [0.15, 0.2) is 11.5 Å². The molecule has 0 amide bonds. The first-order valence-corrected chi connectivity index (χ1v) is 8.13. The van der Waals surface area contributed by atoms with Crippen LogP contribution in [0.25, 0.3) is 0 Å². The van der Waals surface area contributed by atoms with E-state index in [1.165, 1.54) is 19.2 Å². The van der Waals surface area contributed by atoms with Gasteiger partial charge in [0.25, 0.3) is 0 Å². The summed E-state index contributed by atoms with van der Waals surface area (Å²) in [7, 11) is 1.43. The summed E-state index contributed by atoms with van der Waals surface area (Å²) in [5.74, 6) is -0.214. The lowest BCUT2D eigenvalue weighted by Gasteiger charge is -2.35. The summed E-state index contributed by atoms with van der Waals surface area (Å²) in [6.45, 7) is 3.46. The minimum atomic E-state index is -0.402. The lowest BCUT2D eigenvalue weighted by molar-refractivity contribution is 0.197. The van der Waals surface area contributed by atoms with Crippen LogP contribution in [0.15, 0.2) is 29.6 Å². The van der Waals surface area contributed by atoms with E-state index in [0.29, 0.717) is 5.56 Å². The van der Waals surface area contributed by atoms with E-state index in [1.54, 1.807) is 11.3 Å². The first-order valence-electron chi connectivity index (χ1n) is 7.25. The fourth-order valence-corrected chi connectivity index (χ4v) is 3.75. The highest BCUT2D eigenvalue weighted by atomic mass is 35.5. The van der Waals surface area contributed by atoms with Crippen molar-refractivity contribution in [3.8, 4) is 11.5 Å². The predicted molar refractivity (Wildman–Crippen MR) is 99.7 cm³/mol. The number of phenols is 1. The van der Waals surface area contributed by atoms with Crippen LogP contribution in [0.3, 0.4) is 0 Å². The van der Waals surface area contributed by atoms with Gasteiger partial charge in [-0.25, -0.2) is 4.39 Å². The van der Waals surface area contributed by atoms with Crippen LogP contribution in [-0.2, 0) is 0 Å². The van der Waals surface area contributed by atoms with Crippen LogP contribution in [0.5, 0.6) is 11.5 Å². The van der Waals surface area contributed by atoms with Gasteiger partial charge in [-0.05, 0) is 17.5 Å². The number of halogens is 3. The number of hydrogen-bond acceptors (Lipinski definition) is 5. The first-order chi connectivity index (χ1) is 10.7. The highest BCUT2D eigenvalue weighted by Crippen LogP contribution is 2.41. The third-order valence-electron chi connectivity index (χ3n) is 3.91. The van der Waals surface area contributed by atoms with E-state index in [0.717, 1.165) is 31.1 Å². The van der Waals surface area contributed by atoms with Gasteiger partial charge in [-0.3, -0.25) is 4.90 Å². The molecule has 1 aromatic heterocycles. The number of hydrogen-bond donors (Lipinski definition) is 2. The molecule has 1 atom stereocenters. The molecule has 3 rings (SSSR count). The van der Waals surface area contributed by atoms with Gasteiger partial charge in [0.2, 0.25) is 0 Å². The van der Waals surface area contributed by atoms with Crippen LogP contribution < -0.4 is 10.1 Å². The lowest BCUT2D eigenvalue weighted by atomic mass is 10.0. The number of nitrogens with zero attached hydrogens (tertiary/aromatic N) is 1. The molecule has 0 radical (unpaired) electrons. The van der Waals surface area contributed by atoms with Gasteiger partial charge in [-0.2, -0.15) is 0 Å². The highest BCUT2D eigenvalue weighted by Gasteiger charge is 2.28. The van der Waals surface area contributed by atoms with Crippen molar-refractivity contribution in [2.75, 3.05) is 33.3 Å². The molecule has 0 unspecified atom stereocenters. The number of rotatable bonds is 4. The Bertz CT molecular complexity index is 637. The van der Waals surface area contributed by atoms with Crippen LogP contribution in [0.1, 0.15) is 16.5 Å². The maximum Gasteiger partial charge on any atom is 0.163 e. The number of ether oxygens (including phenoxy) is 1. The maximum atomic E-state index is 13.9. The monoisotopic (exact) mass is 394 g/mol. The smallest absolute Gasteiger partial charge is 0.163 e. The van der Waals surface area contributed by atoms with Gasteiger partial charge in [0, 0.05) is 42.7 Å². The van der Waals surface area contributed by atoms with Crippen LogP contribution >= 0.6 is 36.2 Å². The number of benzene rings is 1. The molecule has 2 aromatic rings. The Morgan fingerprint density at radius 1 is 1.29 bits per heavy atom. The normalized spacial score (nSPS) is 15.9. The van der Waals surface area contributed by atoms with Crippen molar-refractivity contribution < 1.29 is 14.2 Å². The van der Waals surface area contributed by atoms with E-state index in [1.807, 2.05) is 17.5 Å². The summed E-state index contributed by atoms with van der Waals surface area (Å²) < 4.78 is 19.0. The SMILES string of the molecule is COc1cc(F)cc([C@@H](c2cccs2)N2CCNCC2)c1O.Cl.Cl. The number of piperazine rings is 1. The first kappa shape index (κ1) is 21.0. The van der Waals surface area contributed by atoms with E-state index in [2.05, 4.69) is 10.2 Å². The predicted octanol–water partition coefficient (Wildman–Crippen LogP) is 3.44. The molecule has 1 aromatic carbocycles. The fourth-order valence-electron chi connectivity index (χ4n) is 2.88. The maximum absolute atomic E-state index is 13.9. The third-order valence-corrected chi connectivity index (χ3v) is 4.84. The molecule has 1 fully saturated rings. The topological polar surface area (TPSA) is 44.7 Å². The minimum Gasteiger partial charge on any atom is -0.504 e. The van der Waals surface area contributed by atoms with Crippen molar-refractivity contribution in [2.24, 2.45) is 0 Å². The highest BCUT2D eigenvalue weighted by molar-refractivity contribution is 7.10. The average molecular weight is 395 g/mol. The van der Waals surface area contributed by atoms with Crippen molar-refractivity contribution in [1.82, 2.24) is 10.2 Å². The zero-order valence-corrected chi connectivity index (χ0v) is 15.6. The molecule has 0 spiro atoms. The van der Waals surface area contributed by atoms with Crippen LogP contribution in [-0.4, -0.2) is 43.3 Å². The standard InChI is InChI=1S/C16H19FN2O2S.2ClH/c1-21-13-10-11(17)9-12(16(13)20)15(14-3-2-8-22-14)19-6-4-18-5-7-19;;/h2-3,8-10,15,18,20H,4-7H2,1H3;2*1H/t15-;;/m0../s1. The molecule has 24 heavy (non-hydrogen) atoms. The summed E-state index contributed by atoms with van der Waals surface area (Å²) >= 11 is 1.61. The number of phenolic OH excluding ortho intramolecular Hbond substituents is 1. The van der Waals surface area contributed by atoms with Crippen LogP contribution in [0, 0.1) is 5.82 Å². The zero-order valence-electron chi connectivity index (χ0n) is 13.2. The van der Waals surface area contributed by atoms with Crippen LogP contribution in [0.4, 0.5) is 4.39 Å². The molecule has 0 saturated carbocycles. The van der Waals surface area contributed by atoms with E-state index in [9.17, 15) is 9.50 Å². The number of nitrogens with one attached hydrogen (secondary N) is 1. The number of aromatic hydroxyl groups is 1. The summed E-state index contributed by atoms with van der Waals surface area (Å²) in [6, 6.07) is 6.45. The Balaban J connectivity index is 0.00000144. The summed E-state index contributed by atoms with van der Waals surface area (Å²) in [4.78, 5) is 3.35. The van der Waals surface area contributed by atoms with E-state index >= 15 is 0 Å². The summed E-state index contributed by atoms with van der Waals surface area (Å²) in [5, 5.41) is 15.8. The molecule has 4 nitrogen and oxygen atoms in total. The molecular formula is C16H21Cl2FN2O2S. The second-order valence-corrected chi connectivity index (χ2v) is 6.23. The van der Waals surface area contributed by atoms with Crippen molar-refractivity contribution in [3.05, 3.63) is 45.9 Å². The Morgan fingerprint density at radius 3 is 2.58 bits per heavy atom. The Labute approximate surface area is 157 Å². The minimum absolute atomic E-state index is 0. The van der Waals surface area contributed by atoms with Crippen LogP contribution in [0.2, 0.25) is 0 Å². The fraction of sp³-hybridized carbons (Fsp3) is 0.375. The second kappa shape index (κ2) is 9.44. The van der Waals surface area contributed by atoms with Crippen molar-refractivity contribution in [3.63, 3.8) is 0 Å². The van der Waals surface area contributed by atoms with Gasteiger partial charge in [-0.1, -0.05) is 6.07 Å². The summed E-state index contributed by atoms with van der Waals surface area (Å²) in [6.07, 6.45) is 0. The molecule has 2 heterocycles. The van der Waals surface area contributed by atoms with Gasteiger partial charge < -0.3 is 15.2 Å². The van der Waals surface area contributed by atoms with Crippen molar-refractivity contribution >= 4 is 36.2 Å². The molecule has 8 heteroatoms. The molecule has 2 N–H and O–H groups in total. The van der Waals surface area contributed by atoms with E-state index < -0.39 is 5.82 Å². The number of methoxy groups -OCH3 is 1. The van der Waals surface area contributed by atoms with Crippen molar-refractivity contribution in [2.45, 2.75) is 6.04 Å². The molecule has 1 aliphatic heterocycles.